The summed E-state index contributed by atoms with van der Waals surface area (Å²) in [7, 11) is 2.02. The van der Waals surface area contributed by atoms with Gasteiger partial charge < -0.3 is 19.5 Å². The molecule has 0 bridgehead atoms. The van der Waals surface area contributed by atoms with Gasteiger partial charge in [-0.3, -0.25) is 4.90 Å². The largest absolute Gasteiger partial charge is 0.379 e. The van der Waals surface area contributed by atoms with Crippen LogP contribution in [0.5, 0.6) is 0 Å². The van der Waals surface area contributed by atoms with Crippen LogP contribution in [-0.2, 0) is 18.3 Å². The topological polar surface area (TPSA) is 49.7 Å². The molecule has 152 valence electrons. The van der Waals surface area contributed by atoms with E-state index in [-0.39, 0.29) is 6.03 Å². The molecular formula is C22H32N4O2. The normalized spacial score (nSPS) is 14.8. The van der Waals surface area contributed by atoms with E-state index in [1.165, 1.54) is 11.1 Å². The van der Waals surface area contributed by atoms with Gasteiger partial charge >= 0.3 is 6.03 Å². The second kappa shape index (κ2) is 9.75. The highest BCUT2D eigenvalue weighted by atomic mass is 16.5. The minimum Gasteiger partial charge on any atom is -0.379 e. The Bertz CT molecular complexity index is 781. The van der Waals surface area contributed by atoms with E-state index >= 15 is 0 Å². The number of carbonyl (C=O) groups excluding carboxylic acids is 1. The molecular weight excluding hydrogens is 352 g/mol. The van der Waals surface area contributed by atoms with E-state index < -0.39 is 0 Å². The Morgan fingerprint density at radius 1 is 1.18 bits per heavy atom. The van der Waals surface area contributed by atoms with Crippen LogP contribution in [0, 0.1) is 13.8 Å². The maximum absolute atomic E-state index is 13.0. The number of hydrogen-bond donors (Lipinski definition) is 1. The number of carbonyl (C=O) groups is 1. The number of aryl methyl sites for hydroxylation is 3. The van der Waals surface area contributed by atoms with Crippen molar-refractivity contribution in [3.63, 3.8) is 0 Å². The van der Waals surface area contributed by atoms with Crippen LogP contribution in [0.3, 0.4) is 0 Å². The van der Waals surface area contributed by atoms with Gasteiger partial charge in [-0.1, -0.05) is 6.07 Å². The van der Waals surface area contributed by atoms with Crippen LogP contribution >= 0.6 is 0 Å². The van der Waals surface area contributed by atoms with Gasteiger partial charge in [-0.2, -0.15) is 0 Å². The highest BCUT2D eigenvalue weighted by Crippen LogP contribution is 2.16. The molecule has 28 heavy (non-hydrogen) atoms. The van der Waals surface area contributed by atoms with E-state index in [4.69, 9.17) is 4.74 Å². The van der Waals surface area contributed by atoms with Crippen molar-refractivity contribution >= 4 is 11.7 Å². The molecule has 1 saturated heterocycles. The lowest BCUT2D eigenvalue weighted by atomic mass is 10.1. The number of morpholine rings is 1. The lowest BCUT2D eigenvalue weighted by Gasteiger charge is -2.28. The fourth-order valence-electron chi connectivity index (χ4n) is 3.44. The van der Waals surface area contributed by atoms with Gasteiger partial charge in [-0.25, -0.2) is 4.79 Å². The average Bonchev–Trinajstić information content (AvgIpc) is 3.09. The molecule has 1 N–H and O–H groups in total. The van der Waals surface area contributed by atoms with Crippen molar-refractivity contribution in [1.82, 2.24) is 14.4 Å². The number of urea groups is 1. The van der Waals surface area contributed by atoms with E-state index in [2.05, 4.69) is 34.7 Å². The van der Waals surface area contributed by atoms with E-state index in [1.54, 1.807) is 0 Å². The molecule has 0 aliphatic carbocycles. The van der Waals surface area contributed by atoms with Crippen molar-refractivity contribution in [3.8, 4) is 0 Å². The van der Waals surface area contributed by atoms with Crippen LogP contribution in [0.25, 0.3) is 0 Å². The molecule has 0 radical (unpaired) electrons. The second-order valence-corrected chi connectivity index (χ2v) is 7.57. The van der Waals surface area contributed by atoms with Crippen molar-refractivity contribution in [2.75, 3.05) is 44.7 Å². The van der Waals surface area contributed by atoms with Crippen molar-refractivity contribution < 1.29 is 9.53 Å². The van der Waals surface area contributed by atoms with Crippen LogP contribution in [0.2, 0.25) is 0 Å². The number of ether oxygens (including phenoxy) is 1. The molecule has 1 aromatic carbocycles. The van der Waals surface area contributed by atoms with Crippen molar-refractivity contribution in [2.45, 2.75) is 26.8 Å². The third-order valence-corrected chi connectivity index (χ3v) is 5.46. The highest BCUT2D eigenvalue weighted by Gasteiger charge is 2.17. The van der Waals surface area contributed by atoms with Crippen LogP contribution in [-0.4, -0.2) is 59.8 Å². The summed E-state index contributed by atoms with van der Waals surface area (Å²) in [5, 5.41) is 3.07. The molecule has 2 amide bonds. The Hall–Kier alpha value is -2.31. The molecule has 6 heteroatoms. The summed E-state index contributed by atoms with van der Waals surface area (Å²) in [6, 6.07) is 10.1. The van der Waals surface area contributed by atoms with Crippen molar-refractivity contribution in [3.05, 3.63) is 53.3 Å². The Morgan fingerprint density at radius 3 is 2.64 bits per heavy atom. The first-order valence-corrected chi connectivity index (χ1v) is 10.1. The zero-order valence-electron chi connectivity index (χ0n) is 17.3. The predicted molar refractivity (Wildman–Crippen MR) is 113 cm³/mol. The molecule has 0 unspecified atom stereocenters. The summed E-state index contributed by atoms with van der Waals surface area (Å²) >= 11 is 0. The maximum Gasteiger partial charge on any atom is 0.322 e. The van der Waals surface area contributed by atoms with Crippen LogP contribution in [0.1, 0.15) is 23.2 Å². The summed E-state index contributed by atoms with van der Waals surface area (Å²) < 4.78 is 7.48. The van der Waals surface area contributed by atoms with Gasteiger partial charge in [0.1, 0.15) is 0 Å². The molecule has 3 rings (SSSR count). The number of anilines is 1. The predicted octanol–water partition coefficient (Wildman–Crippen LogP) is 3.40. The Morgan fingerprint density at radius 2 is 1.96 bits per heavy atom. The van der Waals surface area contributed by atoms with E-state index in [0.29, 0.717) is 6.54 Å². The number of nitrogens with zero attached hydrogens (tertiary/aromatic N) is 3. The minimum absolute atomic E-state index is 0.0496. The SMILES string of the molecule is Cc1ccc(NC(=O)N(CCCN2CCOCC2)Cc2cccn2C)cc1C. The molecule has 2 aromatic rings. The summed E-state index contributed by atoms with van der Waals surface area (Å²) in [4.78, 5) is 17.3. The molecule has 1 aromatic heterocycles. The van der Waals surface area contributed by atoms with Gasteiger partial charge in [0.15, 0.2) is 0 Å². The average molecular weight is 385 g/mol. The van der Waals surface area contributed by atoms with Crippen molar-refractivity contribution in [1.29, 1.82) is 0 Å². The van der Waals surface area contributed by atoms with E-state index in [9.17, 15) is 4.79 Å². The molecule has 1 fully saturated rings. The van der Waals surface area contributed by atoms with Gasteiger partial charge in [-0.15, -0.1) is 0 Å². The Balaban J connectivity index is 1.62. The smallest absolute Gasteiger partial charge is 0.322 e. The molecule has 0 saturated carbocycles. The van der Waals surface area contributed by atoms with Crippen LogP contribution in [0.4, 0.5) is 10.5 Å². The summed E-state index contributed by atoms with van der Waals surface area (Å²) in [5.41, 5.74) is 4.38. The van der Waals surface area contributed by atoms with E-state index in [1.807, 2.05) is 42.4 Å². The van der Waals surface area contributed by atoms with Gasteiger partial charge in [0, 0.05) is 50.8 Å². The van der Waals surface area contributed by atoms with Gasteiger partial charge in [-0.05, 0) is 55.7 Å². The van der Waals surface area contributed by atoms with Gasteiger partial charge in [0.25, 0.3) is 0 Å². The van der Waals surface area contributed by atoms with Gasteiger partial charge in [0.05, 0.1) is 19.8 Å². The highest BCUT2D eigenvalue weighted by molar-refractivity contribution is 5.89. The molecule has 1 aliphatic heterocycles. The lowest BCUT2D eigenvalue weighted by Crippen LogP contribution is -2.40. The Labute approximate surface area is 168 Å². The van der Waals surface area contributed by atoms with Crippen molar-refractivity contribution in [2.24, 2.45) is 7.05 Å². The summed E-state index contributed by atoms with van der Waals surface area (Å²) in [6.07, 6.45) is 2.97. The number of aromatic nitrogens is 1. The zero-order chi connectivity index (χ0) is 19.9. The Kier molecular flexibility index (Phi) is 7.12. The molecule has 2 heterocycles. The third-order valence-electron chi connectivity index (χ3n) is 5.46. The number of amides is 2. The minimum atomic E-state index is -0.0496. The number of benzene rings is 1. The summed E-state index contributed by atoms with van der Waals surface area (Å²) in [5.74, 6) is 0. The molecule has 1 aliphatic rings. The monoisotopic (exact) mass is 384 g/mol. The molecule has 0 spiro atoms. The maximum atomic E-state index is 13.0. The zero-order valence-corrected chi connectivity index (χ0v) is 17.3. The summed E-state index contributed by atoms with van der Waals surface area (Å²) in [6.45, 7) is 10.0. The molecule has 0 atom stereocenters. The lowest BCUT2D eigenvalue weighted by molar-refractivity contribution is 0.0365. The number of rotatable bonds is 7. The first-order chi connectivity index (χ1) is 13.5. The van der Waals surface area contributed by atoms with Gasteiger partial charge in [0.2, 0.25) is 0 Å². The number of hydrogen-bond acceptors (Lipinski definition) is 3. The fourth-order valence-corrected chi connectivity index (χ4v) is 3.44. The first kappa shape index (κ1) is 20.4. The third kappa shape index (κ3) is 5.59. The first-order valence-electron chi connectivity index (χ1n) is 10.1. The van der Waals surface area contributed by atoms with E-state index in [0.717, 1.165) is 57.2 Å². The second-order valence-electron chi connectivity index (χ2n) is 7.57. The molecule has 6 nitrogen and oxygen atoms in total. The van der Waals surface area contributed by atoms with Crippen LogP contribution < -0.4 is 5.32 Å². The standard InChI is InChI=1S/C22H32N4O2/c1-18-7-8-20(16-19(18)2)23-22(27)26(17-21-6-4-9-24(21)3)11-5-10-25-12-14-28-15-13-25/h4,6-9,16H,5,10-15,17H2,1-3H3,(H,23,27). The fraction of sp³-hybridized carbons (Fsp3) is 0.500. The quantitative estimate of drug-likeness (QED) is 0.796. The van der Waals surface area contributed by atoms with Crippen LogP contribution in [0.15, 0.2) is 36.5 Å². The number of nitrogens with one attached hydrogen (secondary N) is 1.